The molecular weight excluding hydrogens is 206 g/mol. The summed E-state index contributed by atoms with van der Waals surface area (Å²) in [7, 11) is 0. The number of allylic oxidation sites excluding steroid dienone is 1. The van der Waals surface area contributed by atoms with E-state index in [0.29, 0.717) is 13.0 Å². The molecule has 6 heteroatoms. The van der Waals surface area contributed by atoms with Crippen LogP contribution < -0.4 is 0 Å². The van der Waals surface area contributed by atoms with Crippen LogP contribution in [0.15, 0.2) is 12.3 Å². The van der Waals surface area contributed by atoms with Gasteiger partial charge in [0.2, 0.25) is 0 Å². The topological polar surface area (TPSA) is 35.5 Å². The van der Waals surface area contributed by atoms with Gasteiger partial charge in [0.05, 0.1) is 0 Å². The van der Waals surface area contributed by atoms with Crippen molar-refractivity contribution in [2.45, 2.75) is 18.9 Å². The molecular formula is C7H10BO3PS. The van der Waals surface area contributed by atoms with Crippen LogP contribution in [-0.2, 0) is 26.0 Å². The third-order valence-corrected chi connectivity index (χ3v) is 2.19. The monoisotopic (exact) mass is 216 g/mol. The Morgan fingerprint density at radius 3 is 3.38 bits per heavy atom. The molecule has 0 radical (unpaired) electrons. The zero-order valence-electron chi connectivity index (χ0n) is 7.06. The van der Waals surface area contributed by atoms with Gasteiger partial charge in [-0.1, -0.05) is 0 Å². The molecule has 70 valence electrons. The van der Waals surface area contributed by atoms with E-state index in [9.17, 15) is 4.79 Å². The number of ketones is 1. The summed E-state index contributed by atoms with van der Waals surface area (Å²) in [5.74, 6) is 0.116. The van der Waals surface area contributed by atoms with Crippen LogP contribution in [0.1, 0.15) is 12.8 Å². The molecule has 13 heavy (non-hydrogen) atoms. The van der Waals surface area contributed by atoms with E-state index in [1.807, 2.05) is 0 Å². The average molecular weight is 216 g/mol. The van der Waals surface area contributed by atoms with Crippen LogP contribution in [0.3, 0.4) is 0 Å². The molecule has 0 fully saturated rings. The maximum atomic E-state index is 10.9. The standard InChI is InChI=1S/C7H10BO3PS/c9-6-1-3-10-7(5-6)2-4-11-8-12-13/h1,3,7,12H,2,4-5H2/t7-/m0/s1. The summed E-state index contributed by atoms with van der Waals surface area (Å²) in [4.78, 5) is 10.9. The van der Waals surface area contributed by atoms with E-state index < -0.39 is 0 Å². The first-order valence-electron chi connectivity index (χ1n) is 3.98. The second-order valence-electron chi connectivity index (χ2n) is 2.63. The molecule has 0 saturated heterocycles. The van der Waals surface area contributed by atoms with Crippen LogP contribution in [0, 0.1) is 0 Å². The predicted molar refractivity (Wildman–Crippen MR) is 55.6 cm³/mol. The number of ether oxygens (including phenoxy) is 1. The van der Waals surface area contributed by atoms with Crippen molar-refractivity contribution >= 4 is 31.3 Å². The molecule has 0 spiro atoms. The zero-order valence-corrected chi connectivity index (χ0v) is 8.88. The predicted octanol–water partition coefficient (Wildman–Crippen LogP) is 0.939. The van der Waals surface area contributed by atoms with E-state index in [4.69, 9.17) is 21.2 Å². The number of carbonyl (C=O) groups is 1. The van der Waals surface area contributed by atoms with Gasteiger partial charge in [-0.2, -0.15) is 0 Å². The molecule has 0 aromatic carbocycles. The van der Waals surface area contributed by atoms with Crippen LogP contribution in [-0.4, -0.2) is 25.3 Å². The van der Waals surface area contributed by atoms with E-state index >= 15 is 0 Å². The van der Waals surface area contributed by atoms with Crippen LogP contribution in [0.4, 0.5) is 0 Å². The normalized spacial score (nSPS) is 21.2. The third kappa shape index (κ3) is 4.51. The molecule has 3 nitrogen and oxygen atoms in total. The second kappa shape index (κ2) is 6.25. The number of carbonyl (C=O) groups excluding carboxylic acids is 1. The van der Waals surface area contributed by atoms with Crippen molar-refractivity contribution < 1.29 is 14.2 Å². The van der Waals surface area contributed by atoms with Gasteiger partial charge in [0.15, 0.2) is 0 Å². The fourth-order valence-corrected chi connectivity index (χ4v) is 1.42. The molecule has 0 aromatic heterocycles. The van der Waals surface area contributed by atoms with Crippen LogP contribution in [0.5, 0.6) is 0 Å². The first-order valence-corrected chi connectivity index (χ1v) is 6.20. The fraction of sp³-hybridized carbons (Fsp3) is 0.571. The van der Waals surface area contributed by atoms with Gasteiger partial charge in [-0.05, 0) is 0 Å². The molecule has 2 atom stereocenters. The van der Waals surface area contributed by atoms with Gasteiger partial charge >= 0.3 is 83.3 Å². The Morgan fingerprint density at radius 1 is 1.85 bits per heavy atom. The molecule has 1 unspecified atom stereocenters. The van der Waals surface area contributed by atoms with Gasteiger partial charge in [-0.3, -0.25) is 0 Å². The summed E-state index contributed by atoms with van der Waals surface area (Å²) in [5, 5.41) is 0. The van der Waals surface area contributed by atoms with Crippen LogP contribution >= 0.6 is 6.85 Å². The summed E-state index contributed by atoms with van der Waals surface area (Å²) in [5.41, 5.74) is 0. The summed E-state index contributed by atoms with van der Waals surface area (Å²) in [6.07, 6.45) is 4.06. The van der Waals surface area contributed by atoms with Gasteiger partial charge in [0, 0.05) is 0 Å². The average Bonchev–Trinajstić information content (AvgIpc) is 2.13. The van der Waals surface area contributed by atoms with Crippen molar-refractivity contribution in [2.75, 3.05) is 6.61 Å². The van der Waals surface area contributed by atoms with Crippen molar-refractivity contribution in [2.24, 2.45) is 0 Å². The number of hydrogen-bond acceptors (Lipinski definition) is 4. The second-order valence-corrected chi connectivity index (χ2v) is 3.80. The molecule has 1 rings (SSSR count). The molecule has 0 saturated carbocycles. The van der Waals surface area contributed by atoms with Crippen LogP contribution in [0.25, 0.3) is 0 Å². The van der Waals surface area contributed by atoms with E-state index in [1.165, 1.54) is 12.3 Å². The molecule has 0 N–H and O–H groups in total. The Kier molecular flexibility index (Phi) is 5.20. The van der Waals surface area contributed by atoms with E-state index in [0.717, 1.165) is 6.42 Å². The van der Waals surface area contributed by atoms with Crippen LogP contribution in [0.2, 0.25) is 0 Å². The molecule has 0 aromatic rings. The molecule has 0 aliphatic carbocycles. The summed E-state index contributed by atoms with van der Waals surface area (Å²) >= 11 is 4.69. The van der Waals surface area contributed by atoms with E-state index in [-0.39, 0.29) is 18.7 Å². The van der Waals surface area contributed by atoms with E-state index in [1.54, 1.807) is 6.82 Å². The molecule has 1 aliphatic heterocycles. The Morgan fingerprint density at radius 2 is 2.69 bits per heavy atom. The van der Waals surface area contributed by atoms with Gasteiger partial charge in [-0.25, -0.2) is 0 Å². The Bertz CT molecular complexity index is 262. The van der Waals surface area contributed by atoms with Crippen molar-refractivity contribution in [3.05, 3.63) is 12.3 Å². The molecule has 1 aliphatic rings. The molecule has 0 amide bonds. The fourth-order valence-electron chi connectivity index (χ4n) is 1.03. The van der Waals surface area contributed by atoms with Gasteiger partial charge in [-0.15, -0.1) is 0 Å². The van der Waals surface area contributed by atoms with Crippen molar-refractivity contribution in [1.29, 1.82) is 0 Å². The van der Waals surface area contributed by atoms with Gasteiger partial charge < -0.3 is 0 Å². The summed E-state index contributed by atoms with van der Waals surface area (Å²) in [6.45, 7) is 2.46. The first-order chi connectivity index (χ1) is 6.33. The number of rotatable bonds is 4. The zero-order chi connectivity index (χ0) is 9.52. The Labute approximate surface area is 83.8 Å². The molecule has 0 bridgehead atoms. The first kappa shape index (κ1) is 10.8. The van der Waals surface area contributed by atoms with E-state index in [2.05, 4.69) is 0 Å². The molecule has 1 heterocycles. The minimum atomic E-state index is -0.0284. The van der Waals surface area contributed by atoms with Gasteiger partial charge in [0.25, 0.3) is 0 Å². The SMILES string of the molecule is O=C1C=CO[C@@H](CCOB=[PH]=S)C1. The maximum absolute atomic E-state index is 10.9. The van der Waals surface area contributed by atoms with Crippen molar-refractivity contribution in [3.8, 4) is 0 Å². The quantitative estimate of drug-likeness (QED) is 0.398. The third-order valence-electron chi connectivity index (χ3n) is 1.64. The summed E-state index contributed by atoms with van der Waals surface area (Å²) in [6, 6.07) is 0. The Hall–Kier alpha value is -0.245. The van der Waals surface area contributed by atoms with Gasteiger partial charge in [0.1, 0.15) is 0 Å². The summed E-state index contributed by atoms with van der Waals surface area (Å²) < 4.78 is 10.3. The van der Waals surface area contributed by atoms with Crippen molar-refractivity contribution in [1.82, 2.24) is 0 Å². The number of hydrogen-bond donors (Lipinski definition) is 0. The van der Waals surface area contributed by atoms with Crippen molar-refractivity contribution in [3.63, 3.8) is 0 Å². The minimum absolute atomic E-state index is 0.0284. The Balaban J connectivity index is 2.18.